The quantitative estimate of drug-likeness (QED) is 0.217. The molecule has 1 aromatic carbocycles. The van der Waals surface area contributed by atoms with Crippen molar-refractivity contribution in [3.8, 4) is 0 Å². The van der Waals surface area contributed by atoms with Crippen molar-refractivity contribution in [2.75, 3.05) is 12.4 Å². The number of aromatic nitrogens is 1. The van der Waals surface area contributed by atoms with Crippen molar-refractivity contribution in [3.05, 3.63) is 70.2 Å². The standard InChI is InChI=1S/C23H21NO3S2/c1-4-27-22(26)17-16-13-14(3)11-12-24(16)19-18(17)21(29-23(19)28-5-2)20(25)15-9-7-6-8-10-15/h6-13H,4-5H2,1-3H3. The molecule has 3 aromatic heterocycles. The molecule has 3 heterocycles. The molecule has 29 heavy (non-hydrogen) atoms. The molecule has 0 aliphatic rings. The summed E-state index contributed by atoms with van der Waals surface area (Å²) in [5.41, 5.74) is 3.84. The first-order valence-electron chi connectivity index (χ1n) is 9.53. The molecule has 0 saturated heterocycles. The van der Waals surface area contributed by atoms with Crippen LogP contribution >= 0.6 is 23.1 Å². The molecule has 0 aliphatic carbocycles. The molecule has 4 rings (SSSR count). The normalized spacial score (nSPS) is 11.3. The molecule has 4 nitrogen and oxygen atoms in total. The van der Waals surface area contributed by atoms with E-state index in [-0.39, 0.29) is 12.4 Å². The minimum absolute atomic E-state index is 0.0678. The first-order valence-corrected chi connectivity index (χ1v) is 11.3. The Kier molecular flexibility index (Phi) is 5.48. The van der Waals surface area contributed by atoms with Crippen LogP contribution in [0.4, 0.5) is 0 Å². The lowest BCUT2D eigenvalue weighted by molar-refractivity contribution is 0.0531. The highest BCUT2D eigenvalue weighted by Crippen LogP contribution is 2.43. The number of nitrogens with zero attached hydrogens (tertiary/aromatic N) is 1. The molecular formula is C23H21NO3S2. The molecule has 0 radical (unpaired) electrons. The summed E-state index contributed by atoms with van der Waals surface area (Å²) >= 11 is 3.15. The predicted molar refractivity (Wildman–Crippen MR) is 120 cm³/mol. The van der Waals surface area contributed by atoms with Gasteiger partial charge in [0.05, 0.1) is 32.3 Å². The Bertz CT molecular complexity index is 1220. The van der Waals surface area contributed by atoms with Crippen molar-refractivity contribution < 1.29 is 14.3 Å². The predicted octanol–water partition coefficient (Wildman–Crippen LogP) is 5.98. The van der Waals surface area contributed by atoms with Crippen LogP contribution in [0, 0.1) is 6.92 Å². The average molecular weight is 424 g/mol. The highest BCUT2D eigenvalue weighted by molar-refractivity contribution is 8.01. The molecule has 0 spiro atoms. The van der Waals surface area contributed by atoms with Crippen molar-refractivity contribution in [2.24, 2.45) is 0 Å². The van der Waals surface area contributed by atoms with Crippen molar-refractivity contribution in [1.82, 2.24) is 4.40 Å². The Hall–Kier alpha value is -2.57. The second-order valence-corrected chi connectivity index (χ2v) is 9.18. The summed E-state index contributed by atoms with van der Waals surface area (Å²) < 4.78 is 8.44. The molecule has 0 amide bonds. The third-order valence-corrected chi connectivity index (χ3v) is 7.03. The number of thioether (sulfide) groups is 1. The van der Waals surface area contributed by atoms with Crippen LogP contribution in [0.15, 0.2) is 52.9 Å². The fraction of sp³-hybridized carbons (Fsp3) is 0.217. The summed E-state index contributed by atoms with van der Waals surface area (Å²) in [7, 11) is 0. The molecule has 0 fully saturated rings. The van der Waals surface area contributed by atoms with E-state index >= 15 is 0 Å². The summed E-state index contributed by atoms with van der Waals surface area (Å²) in [6.07, 6.45) is 1.97. The first kappa shape index (κ1) is 19.7. The number of fused-ring (bicyclic) bond motifs is 3. The highest BCUT2D eigenvalue weighted by atomic mass is 32.2. The lowest BCUT2D eigenvalue weighted by Crippen LogP contribution is -2.06. The maximum Gasteiger partial charge on any atom is 0.341 e. The van der Waals surface area contributed by atoms with Gasteiger partial charge in [-0.05, 0) is 37.3 Å². The summed E-state index contributed by atoms with van der Waals surface area (Å²) in [6, 6.07) is 13.2. The van der Waals surface area contributed by atoms with Crippen LogP contribution in [-0.2, 0) is 4.74 Å². The third-order valence-electron chi connectivity index (χ3n) is 4.71. The molecule has 0 unspecified atom stereocenters. The van der Waals surface area contributed by atoms with Gasteiger partial charge in [-0.2, -0.15) is 0 Å². The number of rotatable bonds is 6. The molecule has 0 saturated carbocycles. The van der Waals surface area contributed by atoms with Gasteiger partial charge in [0.15, 0.2) is 0 Å². The molecule has 0 aliphatic heterocycles. The lowest BCUT2D eigenvalue weighted by Gasteiger charge is -2.04. The fourth-order valence-electron chi connectivity index (χ4n) is 3.49. The Morgan fingerprint density at radius 3 is 2.59 bits per heavy atom. The van der Waals surface area contributed by atoms with E-state index in [1.165, 1.54) is 11.3 Å². The zero-order chi connectivity index (χ0) is 20.5. The van der Waals surface area contributed by atoms with Gasteiger partial charge >= 0.3 is 5.97 Å². The van der Waals surface area contributed by atoms with Gasteiger partial charge in [0.25, 0.3) is 0 Å². The number of ether oxygens (including phenoxy) is 1. The van der Waals surface area contributed by atoms with E-state index < -0.39 is 5.97 Å². The van der Waals surface area contributed by atoms with Gasteiger partial charge in [-0.15, -0.1) is 23.1 Å². The van der Waals surface area contributed by atoms with Gasteiger partial charge in [0, 0.05) is 17.1 Å². The van der Waals surface area contributed by atoms with Crippen LogP contribution in [-0.4, -0.2) is 28.5 Å². The molecule has 148 valence electrons. The van der Waals surface area contributed by atoms with Crippen molar-refractivity contribution in [3.63, 3.8) is 0 Å². The van der Waals surface area contributed by atoms with Crippen LogP contribution < -0.4 is 0 Å². The monoisotopic (exact) mass is 423 g/mol. The number of hydrogen-bond donors (Lipinski definition) is 0. The Morgan fingerprint density at radius 1 is 1.14 bits per heavy atom. The molecule has 4 aromatic rings. The summed E-state index contributed by atoms with van der Waals surface area (Å²) in [5.74, 6) is 0.419. The number of esters is 1. The zero-order valence-electron chi connectivity index (χ0n) is 16.5. The van der Waals surface area contributed by atoms with E-state index in [2.05, 4.69) is 6.92 Å². The Labute approximate surface area is 177 Å². The highest BCUT2D eigenvalue weighted by Gasteiger charge is 2.29. The SMILES string of the molecule is CCOC(=O)c1c2c(C(=O)c3ccccc3)sc(SCC)c2n2ccc(C)cc12. The van der Waals surface area contributed by atoms with Crippen molar-refractivity contribution >= 4 is 51.3 Å². The summed E-state index contributed by atoms with van der Waals surface area (Å²) in [6.45, 7) is 6.15. The van der Waals surface area contributed by atoms with Crippen LogP contribution in [0.5, 0.6) is 0 Å². The summed E-state index contributed by atoms with van der Waals surface area (Å²) in [5, 5.41) is 0.698. The molecular weight excluding hydrogens is 402 g/mol. The van der Waals surface area contributed by atoms with E-state index in [0.717, 1.165) is 26.6 Å². The first-order chi connectivity index (χ1) is 14.1. The van der Waals surface area contributed by atoms with Gasteiger partial charge in [0.1, 0.15) is 0 Å². The number of benzene rings is 1. The van der Waals surface area contributed by atoms with Crippen LogP contribution in [0.3, 0.4) is 0 Å². The third kappa shape index (κ3) is 3.36. The molecule has 0 N–H and O–H groups in total. The van der Waals surface area contributed by atoms with E-state index in [1.807, 2.05) is 60.0 Å². The number of carbonyl (C=O) groups is 2. The maximum absolute atomic E-state index is 13.4. The smallest absolute Gasteiger partial charge is 0.341 e. The number of hydrogen-bond acceptors (Lipinski definition) is 5. The minimum atomic E-state index is -0.390. The van der Waals surface area contributed by atoms with Gasteiger partial charge in [-0.3, -0.25) is 4.79 Å². The second-order valence-electron chi connectivity index (χ2n) is 6.63. The van der Waals surface area contributed by atoms with E-state index in [4.69, 9.17) is 4.74 Å². The molecule has 0 bridgehead atoms. The molecule has 0 atom stereocenters. The van der Waals surface area contributed by atoms with Gasteiger partial charge in [-0.25, -0.2) is 4.79 Å². The Balaban J connectivity index is 2.10. The van der Waals surface area contributed by atoms with E-state index in [1.54, 1.807) is 18.7 Å². The topological polar surface area (TPSA) is 47.8 Å². The number of thiophene rings is 1. The van der Waals surface area contributed by atoms with Crippen molar-refractivity contribution in [1.29, 1.82) is 0 Å². The number of aryl methyl sites for hydroxylation is 1. The lowest BCUT2D eigenvalue weighted by atomic mass is 10.1. The number of ketones is 1. The largest absolute Gasteiger partial charge is 0.462 e. The average Bonchev–Trinajstić information content (AvgIpc) is 3.24. The van der Waals surface area contributed by atoms with Crippen LogP contribution in [0.2, 0.25) is 0 Å². The van der Waals surface area contributed by atoms with Gasteiger partial charge in [0.2, 0.25) is 5.78 Å². The molecule has 6 heteroatoms. The number of pyridine rings is 1. The second kappa shape index (κ2) is 8.05. The maximum atomic E-state index is 13.4. The zero-order valence-corrected chi connectivity index (χ0v) is 18.2. The Morgan fingerprint density at radius 2 is 1.90 bits per heavy atom. The van der Waals surface area contributed by atoms with Gasteiger partial charge in [-0.1, -0.05) is 37.3 Å². The number of carbonyl (C=O) groups excluding carboxylic acids is 2. The minimum Gasteiger partial charge on any atom is -0.462 e. The van der Waals surface area contributed by atoms with E-state index in [9.17, 15) is 9.59 Å². The summed E-state index contributed by atoms with van der Waals surface area (Å²) in [4.78, 5) is 27.0. The van der Waals surface area contributed by atoms with E-state index in [0.29, 0.717) is 21.4 Å². The van der Waals surface area contributed by atoms with Crippen LogP contribution in [0.1, 0.15) is 45.0 Å². The fourth-order valence-corrected chi connectivity index (χ4v) is 5.93. The van der Waals surface area contributed by atoms with Crippen LogP contribution in [0.25, 0.3) is 16.4 Å². The van der Waals surface area contributed by atoms with Crippen molar-refractivity contribution in [2.45, 2.75) is 25.0 Å². The van der Waals surface area contributed by atoms with Gasteiger partial charge < -0.3 is 9.14 Å².